The van der Waals surface area contributed by atoms with E-state index in [9.17, 15) is 0 Å². The molecular formula is C8H3Cl2N2. The molecule has 0 saturated carbocycles. The fourth-order valence-electron chi connectivity index (χ4n) is 0.895. The highest BCUT2D eigenvalue weighted by Crippen LogP contribution is 2.19. The zero-order valence-corrected chi connectivity index (χ0v) is 7.39. The molecule has 0 bridgehead atoms. The van der Waals surface area contributed by atoms with Gasteiger partial charge in [-0.2, -0.15) is 0 Å². The van der Waals surface area contributed by atoms with Crippen molar-refractivity contribution in [2.24, 2.45) is 0 Å². The number of nitrogens with zero attached hydrogens (tertiary/aromatic N) is 2. The number of benzene rings is 1. The lowest BCUT2D eigenvalue weighted by molar-refractivity contribution is 1.29. The Morgan fingerprint density at radius 3 is 2.75 bits per heavy atom. The highest BCUT2D eigenvalue weighted by molar-refractivity contribution is 6.40. The largest absolute Gasteiger partial charge is 0.231 e. The third-order valence-corrected chi connectivity index (χ3v) is 2.04. The average molecular weight is 198 g/mol. The second kappa shape index (κ2) is 2.88. The van der Waals surface area contributed by atoms with E-state index in [0.717, 1.165) is 0 Å². The Balaban J connectivity index is 2.84. The number of halogens is 2. The van der Waals surface area contributed by atoms with Gasteiger partial charge < -0.3 is 0 Å². The quantitative estimate of drug-likeness (QED) is 0.650. The van der Waals surface area contributed by atoms with Crippen LogP contribution in [0.4, 0.5) is 0 Å². The molecule has 2 rings (SSSR count). The summed E-state index contributed by atoms with van der Waals surface area (Å²) in [6.45, 7) is 0. The van der Waals surface area contributed by atoms with E-state index in [1.54, 1.807) is 12.1 Å². The fourth-order valence-corrected chi connectivity index (χ4v) is 1.16. The number of para-hydroxylation sites is 1. The molecule has 4 heteroatoms. The van der Waals surface area contributed by atoms with Crippen molar-refractivity contribution in [2.45, 2.75) is 0 Å². The maximum atomic E-state index is 5.67. The van der Waals surface area contributed by atoms with Gasteiger partial charge in [-0.25, -0.2) is 9.97 Å². The molecule has 0 saturated heterocycles. The lowest BCUT2D eigenvalue weighted by atomic mass is 10.3. The lowest BCUT2D eigenvalue weighted by Crippen LogP contribution is -1.85. The lowest BCUT2D eigenvalue weighted by Gasteiger charge is -1.96. The van der Waals surface area contributed by atoms with Gasteiger partial charge >= 0.3 is 0 Å². The molecule has 1 heterocycles. The van der Waals surface area contributed by atoms with E-state index in [0.29, 0.717) is 11.0 Å². The van der Waals surface area contributed by atoms with E-state index in [1.165, 1.54) is 0 Å². The minimum atomic E-state index is 0.214. The molecule has 59 valence electrons. The predicted octanol–water partition coefficient (Wildman–Crippen LogP) is 2.74. The van der Waals surface area contributed by atoms with Gasteiger partial charge in [-0.1, -0.05) is 35.3 Å². The van der Waals surface area contributed by atoms with Crippen LogP contribution in [-0.4, -0.2) is 9.97 Å². The van der Waals surface area contributed by atoms with Crippen LogP contribution in [0, 0.1) is 6.07 Å². The van der Waals surface area contributed by atoms with Gasteiger partial charge in [0, 0.05) is 6.07 Å². The maximum Gasteiger partial charge on any atom is 0.167 e. The Labute approximate surface area is 79.2 Å². The highest BCUT2D eigenvalue weighted by atomic mass is 35.5. The second-order valence-corrected chi connectivity index (χ2v) is 2.93. The van der Waals surface area contributed by atoms with Gasteiger partial charge in [-0.05, 0) is 6.07 Å². The topological polar surface area (TPSA) is 25.8 Å². The minimum absolute atomic E-state index is 0.214. The molecule has 0 aliphatic carbocycles. The first-order chi connectivity index (χ1) is 5.77. The molecule has 2 nitrogen and oxygen atoms in total. The molecular weight excluding hydrogens is 195 g/mol. The summed E-state index contributed by atoms with van der Waals surface area (Å²) in [5.41, 5.74) is 1.33. The Kier molecular flexibility index (Phi) is 1.87. The van der Waals surface area contributed by atoms with Crippen molar-refractivity contribution in [3.05, 3.63) is 34.6 Å². The first kappa shape index (κ1) is 7.77. The van der Waals surface area contributed by atoms with Crippen LogP contribution in [0.1, 0.15) is 0 Å². The van der Waals surface area contributed by atoms with Crippen molar-refractivity contribution in [3.63, 3.8) is 0 Å². The van der Waals surface area contributed by atoms with Gasteiger partial charge in [-0.15, -0.1) is 0 Å². The summed E-state index contributed by atoms with van der Waals surface area (Å²) < 4.78 is 0. The summed E-state index contributed by atoms with van der Waals surface area (Å²) in [6.07, 6.45) is 0. The SMILES string of the molecule is Clc1nc2[c]cccc2nc1Cl. The molecule has 0 spiro atoms. The van der Waals surface area contributed by atoms with Crippen molar-refractivity contribution in [3.8, 4) is 0 Å². The molecule has 2 aromatic rings. The van der Waals surface area contributed by atoms with E-state index < -0.39 is 0 Å². The van der Waals surface area contributed by atoms with Gasteiger partial charge in [0.05, 0.1) is 11.0 Å². The third kappa shape index (κ3) is 1.24. The fraction of sp³-hybridized carbons (Fsp3) is 0. The first-order valence-corrected chi connectivity index (χ1v) is 4.02. The van der Waals surface area contributed by atoms with Crippen LogP contribution in [0.5, 0.6) is 0 Å². The van der Waals surface area contributed by atoms with Crippen molar-refractivity contribution in [2.75, 3.05) is 0 Å². The first-order valence-electron chi connectivity index (χ1n) is 3.27. The number of hydrogen-bond acceptors (Lipinski definition) is 2. The van der Waals surface area contributed by atoms with Gasteiger partial charge in [0.25, 0.3) is 0 Å². The maximum absolute atomic E-state index is 5.67. The van der Waals surface area contributed by atoms with Crippen molar-refractivity contribution in [1.29, 1.82) is 0 Å². The Morgan fingerprint density at radius 2 is 1.92 bits per heavy atom. The monoisotopic (exact) mass is 197 g/mol. The van der Waals surface area contributed by atoms with Crippen LogP contribution >= 0.6 is 23.2 Å². The summed E-state index contributed by atoms with van der Waals surface area (Å²) >= 11 is 11.3. The molecule has 1 aromatic carbocycles. The van der Waals surface area contributed by atoms with E-state index in [-0.39, 0.29) is 10.3 Å². The van der Waals surface area contributed by atoms with E-state index in [2.05, 4.69) is 16.0 Å². The smallest absolute Gasteiger partial charge is 0.167 e. The van der Waals surface area contributed by atoms with E-state index in [4.69, 9.17) is 23.2 Å². The molecule has 0 fully saturated rings. The van der Waals surface area contributed by atoms with E-state index >= 15 is 0 Å². The molecule has 1 radical (unpaired) electrons. The van der Waals surface area contributed by atoms with Gasteiger partial charge in [0.15, 0.2) is 10.3 Å². The Hall–Kier alpha value is -0.860. The summed E-state index contributed by atoms with van der Waals surface area (Å²) in [7, 11) is 0. The Bertz CT molecular complexity index is 388. The van der Waals surface area contributed by atoms with E-state index in [1.807, 2.05) is 6.07 Å². The molecule has 0 atom stereocenters. The van der Waals surface area contributed by atoms with Crippen molar-refractivity contribution < 1.29 is 0 Å². The molecule has 1 aromatic heterocycles. The van der Waals surface area contributed by atoms with Crippen LogP contribution < -0.4 is 0 Å². The normalized spacial score (nSPS) is 10.5. The van der Waals surface area contributed by atoms with Crippen LogP contribution in [0.3, 0.4) is 0 Å². The summed E-state index contributed by atoms with van der Waals surface area (Å²) in [5, 5.41) is 0.440. The molecule has 0 unspecified atom stereocenters. The summed E-state index contributed by atoms with van der Waals surface area (Å²) in [6, 6.07) is 8.28. The van der Waals surface area contributed by atoms with Crippen LogP contribution in [0.2, 0.25) is 10.3 Å². The van der Waals surface area contributed by atoms with Crippen molar-refractivity contribution >= 4 is 34.2 Å². The van der Waals surface area contributed by atoms with Gasteiger partial charge in [-0.3, -0.25) is 0 Å². The molecule has 0 aliphatic heterocycles. The van der Waals surface area contributed by atoms with Crippen LogP contribution in [0.25, 0.3) is 11.0 Å². The summed E-state index contributed by atoms with van der Waals surface area (Å²) in [5.74, 6) is 0. The van der Waals surface area contributed by atoms with Crippen molar-refractivity contribution in [1.82, 2.24) is 9.97 Å². The standard InChI is InChI=1S/C8H3Cl2N2/c9-7-8(10)12-6-4-2-1-3-5(6)11-7/h1-3H. The summed E-state index contributed by atoms with van der Waals surface area (Å²) in [4.78, 5) is 8.01. The number of hydrogen-bond donors (Lipinski definition) is 0. The molecule has 0 amide bonds. The zero-order valence-electron chi connectivity index (χ0n) is 5.88. The molecule has 12 heavy (non-hydrogen) atoms. The van der Waals surface area contributed by atoms with Gasteiger partial charge in [0.1, 0.15) is 0 Å². The average Bonchev–Trinajstić information content (AvgIpc) is 2.07. The third-order valence-electron chi connectivity index (χ3n) is 1.41. The zero-order chi connectivity index (χ0) is 8.55. The molecule has 0 N–H and O–H groups in total. The van der Waals surface area contributed by atoms with Gasteiger partial charge in [0.2, 0.25) is 0 Å². The van der Waals surface area contributed by atoms with Crippen LogP contribution in [0.15, 0.2) is 18.2 Å². The number of rotatable bonds is 0. The number of aromatic nitrogens is 2. The molecule has 0 aliphatic rings. The highest BCUT2D eigenvalue weighted by Gasteiger charge is 2.02. The minimum Gasteiger partial charge on any atom is -0.231 e. The van der Waals surface area contributed by atoms with Crippen LogP contribution in [-0.2, 0) is 0 Å². The number of fused-ring (bicyclic) bond motifs is 1. The second-order valence-electron chi connectivity index (χ2n) is 2.21. The predicted molar refractivity (Wildman–Crippen MR) is 48.4 cm³/mol. The Morgan fingerprint density at radius 1 is 1.17 bits per heavy atom.